The van der Waals surface area contributed by atoms with E-state index < -0.39 is 0 Å². The molecule has 6 nitrogen and oxygen atoms in total. The molecule has 1 aromatic carbocycles. The Bertz CT molecular complexity index is 573. The van der Waals surface area contributed by atoms with Crippen molar-refractivity contribution in [2.24, 2.45) is 0 Å². The van der Waals surface area contributed by atoms with E-state index in [0.717, 1.165) is 64.4 Å². The minimum Gasteiger partial charge on any atom is -0.506 e. The third kappa shape index (κ3) is 5.81. The van der Waals surface area contributed by atoms with Crippen LogP contribution in [0, 0.1) is 0 Å². The predicted octanol–water partition coefficient (Wildman–Crippen LogP) is 1.21. The van der Waals surface area contributed by atoms with Gasteiger partial charge >= 0.3 is 0 Å². The molecule has 0 amide bonds. The van der Waals surface area contributed by atoms with Crippen molar-refractivity contribution >= 4 is 11.6 Å². The van der Waals surface area contributed by atoms with Crippen LogP contribution >= 0.6 is 11.6 Å². The molecule has 2 saturated heterocycles. The quantitative estimate of drug-likeness (QED) is 0.738. The molecule has 3 rings (SSSR count). The number of morpholine rings is 1. The number of halogens is 1. The van der Waals surface area contributed by atoms with E-state index in [0.29, 0.717) is 17.7 Å². The lowest BCUT2D eigenvalue weighted by atomic mass is 10.0. The molecular weight excluding hydrogens is 354 g/mol. The van der Waals surface area contributed by atoms with Crippen molar-refractivity contribution in [3.05, 3.63) is 28.8 Å². The number of ether oxygens (including phenoxy) is 2. The number of benzene rings is 1. The van der Waals surface area contributed by atoms with E-state index in [1.165, 1.54) is 0 Å². The highest BCUT2D eigenvalue weighted by Crippen LogP contribution is 2.24. The molecule has 0 aliphatic carbocycles. The Morgan fingerprint density at radius 1 is 1.27 bits per heavy atom. The van der Waals surface area contributed by atoms with Gasteiger partial charge in [0.05, 0.1) is 24.3 Å². The second kappa shape index (κ2) is 9.88. The van der Waals surface area contributed by atoms with Gasteiger partial charge in [-0.15, -0.1) is 0 Å². The number of methoxy groups -OCH3 is 1. The molecule has 1 aromatic rings. The molecule has 146 valence electrons. The predicted molar refractivity (Wildman–Crippen MR) is 103 cm³/mol. The van der Waals surface area contributed by atoms with E-state index in [1.807, 2.05) is 6.07 Å². The third-order valence-electron chi connectivity index (χ3n) is 5.14. The first-order valence-corrected chi connectivity index (χ1v) is 9.78. The summed E-state index contributed by atoms with van der Waals surface area (Å²) in [6.07, 6.45) is 1.09. The maximum atomic E-state index is 9.78. The van der Waals surface area contributed by atoms with E-state index >= 15 is 0 Å². The number of phenols is 1. The third-order valence-corrected chi connectivity index (χ3v) is 5.46. The molecule has 2 fully saturated rings. The minimum atomic E-state index is 0.162. The highest BCUT2D eigenvalue weighted by Gasteiger charge is 2.23. The van der Waals surface area contributed by atoms with Gasteiger partial charge in [0.2, 0.25) is 0 Å². The number of rotatable bonds is 7. The van der Waals surface area contributed by atoms with Gasteiger partial charge in [-0.25, -0.2) is 0 Å². The zero-order valence-corrected chi connectivity index (χ0v) is 16.2. The van der Waals surface area contributed by atoms with Gasteiger partial charge < -0.3 is 19.9 Å². The van der Waals surface area contributed by atoms with Crippen molar-refractivity contribution in [1.29, 1.82) is 0 Å². The van der Waals surface area contributed by atoms with Crippen molar-refractivity contribution < 1.29 is 14.6 Å². The fourth-order valence-corrected chi connectivity index (χ4v) is 3.87. The van der Waals surface area contributed by atoms with Crippen molar-refractivity contribution in [3.63, 3.8) is 0 Å². The molecule has 2 heterocycles. The number of hydrogen-bond donors (Lipinski definition) is 2. The Hall–Kier alpha value is -0.890. The van der Waals surface area contributed by atoms with Crippen LogP contribution in [0.2, 0.25) is 5.02 Å². The fourth-order valence-electron chi connectivity index (χ4n) is 3.76. The lowest BCUT2D eigenvalue weighted by Gasteiger charge is -2.37. The van der Waals surface area contributed by atoms with E-state index in [-0.39, 0.29) is 11.9 Å². The standard InChI is InChI=1S/C19H30ClN3O3/c1-25-14-17-13-23(8-9-26-17)7-6-22-5-4-21-16(12-22)10-15-2-3-18(20)19(24)11-15/h2-3,11,16-17,21,24H,4-10,12-14H2,1H3/t16-,17+/m1/s1. The topological polar surface area (TPSA) is 57.2 Å². The van der Waals surface area contributed by atoms with Crippen LogP contribution in [-0.4, -0.2) is 93.2 Å². The number of phenolic OH excluding ortho intramolecular Hbond substituents is 1. The van der Waals surface area contributed by atoms with Crippen molar-refractivity contribution in [3.8, 4) is 5.75 Å². The van der Waals surface area contributed by atoms with Crippen LogP contribution in [0.3, 0.4) is 0 Å². The SMILES string of the molecule is COC[C@@H]1CN(CCN2CCN[C@H](Cc3ccc(Cl)c(O)c3)C2)CCO1. The Labute approximate surface area is 161 Å². The summed E-state index contributed by atoms with van der Waals surface area (Å²) in [5.74, 6) is 0.162. The van der Waals surface area contributed by atoms with Gasteiger partial charge in [-0.2, -0.15) is 0 Å². The van der Waals surface area contributed by atoms with Crippen LogP contribution in [0.5, 0.6) is 5.75 Å². The first-order valence-electron chi connectivity index (χ1n) is 9.40. The average Bonchev–Trinajstić information content (AvgIpc) is 2.64. The van der Waals surface area contributed by atoms with Gasteiger partial charge in [-0.1, -0.05) is 17.7 Å². The second-order valence-electron chi connectivity index (χ2n) is 7.19. The summed E-state index contributed by atoms with van der Waals surface area (Å²) in [5.41, 5.74) is 1.11. The highest BCUT2D eigenvalue weighted by atomic mass is 35.5. The fraction of sp³-hybridized carbons (Fsp3) is 0.684. The Morgan fingerprint density at radius 3 is 2.85 bits per heavy atom. The van der Waals surface area contributed by atoms with Crippen LogP contribution in [-0.2, 0) is 15.9 Å². The molecule has 2 N–H and O–H groups in total. The zero-order chi connectivity index (χ0) is 18.4. The van der Waals surface area contributed by atoms with Gasteiger partial charge in [0, 0.05) is 59.0 Å². The molecule has 0 bridgehead atoms. The van der Waals surface area contributed by atoms with Gasteiger partial charge in [-0.3, -0.25) is 9.80 Å². The van der Waals surface area contributed by atoms with E-state index in [4.69, 9.17) is 21.1 Å². The molecule has 0 aromatic heterocycles. The van der Waals surface area contributed by atoms with E-state index in [2.05, 4.69) is 15.1 Å². The molecule has 0 radical (unpaired) electrons. The highest BCUT2D eigenvalue weighted by molar-refractivity contribution is 6.32. The van der Waals surface area contributed by atoms with Crippen LogP contribution in [0.15, 0.2) is 18.2 Å². The largest absolute Gasteiger partial charge is 0.506 e. The molecule has 2 atom stereocenters. The van der Waals surface area contributed by atoms with Crippen molar-refractivity contribution in [2.75, 3.05) is 66.1 Å². The second-order valence-corrected chi connectivity index (χ2v) is 7.60. The molecule has 7 heteroatoms. The average molecular weight is 384 g/mol. The lowest BCUT2D eigenvalue weighted by molar-refractivity contribution is -0.0624. The molecule has 0 unspecified atom stereocenters. The molecule has 2 aliphatic heterocycles. The van der Waals surface area contributed by atoms with Gasteiger partial charge in [-0.05, 0) is 24.1 Å². The normalized spacial score (nSPS) is 25.5. The summed E-state index contributed by atoms with van der Waals surface area (Å²) in [7, 11) is 1.73. The summed E-state index contributed by atoms with van der Waals surface area (Å²) >= 11 is 5.90. The maximum absolute atomic E-state index is 9.78. The minimum absolute atomic E-state index is 0.162. The summed E-state index contributed by atoms with van der Waals surface area (Å²) in [4.78, 5) is 5.00. The Kier molecular flexibility index (Phi) is 7.54. The van der Waals surface area contributed by atoms with Crippen LogP contribution in [0.1, 0.15) is 5.56 Å². The molecule has 26 heavy (non-hydrogen) atoms. The van der Waals surface area contributed by atoms with Gasteiger partial charge in [0.25, 0.3) is 0 Å². The summed E-state index contributed by atoms with van der Waals surface area (Å²) in [6.45, 7) is 8.65. The monoisotopic (exact) mass is 383 g/mol. The Balaban J connectivity index is 1.44. The molecule has 0 spiro atoms. The summed E-state index contributed by atoms with van der Waals surface area (Å²) in [5, 5.41) is 13.8. The van der Waals surface area contributed by atoms with E-state index in [9.17, 15) is 5.11 Å². The maximum Gasteiger partial charge on any atom is 0.134 e. The van der Waals surface area contributed by atoms with Crippen LogP contribution in [0.4, 0.5) is 0 Å². The first-order chi connectivity index (χ1) is 12.6. The van der Waals surface area contributed by atoms with E-state index in [1.54, 1.807) is 19.2 Å². The molecular formula is C19H30ClN3O3. The van der Waals surface area contributed by atoms with Crippen molar-refractivity contribution in [1.82, 2.24) is 15.1 Å². The molecule has 0 saturated carbocycles. The van der Waals surface area contributed by atoms with Gasteiger partial charge in [0.1, 0.15) is 5.75 Å². The molecule has 2 aliphatic rings. The number of aromatic hydroxyl groups is 1. The smallest absolute Gasteiger partial charge is 0.134 e. The summed E-state index contributed by atoms with van der Waals surface area (Å²) in [6, 6.07) is 5.93. The first kappa shape index (κ1) is 19.9. The summed E-state index contributed by atoms with van der Waals surface area (Å²) < 4.78 is 10.9. The lowest BCUT2D eigenvalue weighted by Crippen LogP contribution is -2.54. The zero-order valence-electron chi connectivity index (χ0n) is 15.5. The number of nitrogens with one attached hydrogen (secondary N) is 1. The Morgan fingerprint density at radius 2 is 2.08 bits per heavy atom. The van der Waals surface area contributed by atoms with Crippen LogP contribution in [0.25, 0.3) is 0 Å². The number of hydrogen-bond acceptors (Lipinski definition) is 6. The van der Waals surface area contributed by atoms with Crippen molar-refractivity contribution in [2.45, 2.75) is 18.6 Å². The number of nitrogens with zero attached hydrogens (tertiary/aromatic N) is 2. The number of piperazine rings is 1. The van der Waals surface area contributed by atoms with Crippen LogP contribution < -0.4 is 5.32 Å². The van der Waals surface area contributed by atoms with Gasteiger partial charge in [0.15, 0.2) is 0 Å².